The summed E-state index contributed by atoms with van der Waals surface area (Å²) in [5, 5.41) is 8.84. The molecule has 0 saturated carbocycles. The van der Waals surface area contributed by atoms with Gasteiger partial charge in [0, 0.05) is 12.1 Å². The van der Waals surface area contributed by atoms with E-state index >= 15 is 0 Å². The molecule has 1 heterocycles. The zero-order chi connectivity index (χ0) is 15.2. The number of hydrogen-bond donors (Lipinski definition) is 1. The number of likely N-dealkylation sites (N-methyl/N-ethyl adjacent to an activating group) is 1. The molecule has 1 amide bonds. The number of nitrogens with zero attached hydrogens (tertiary/aromatic N) is 2. The zero-order valence-corrected chi connectivity index (χ0v) is 11.8. The molecule has 0 fully saturated rings. The highest BCUT2D eigenvalue weighted by Crippen LogP contribution is 2.23. The molecule has 0 saturated heterocycles. The number of rotatable bonds is 6. The van der Waals surface area contributed by atoms with Crippen LogP contribution in [0.1, 0.15) is 29.7 Å². The summed E-state index contributed by atoms with van der Waals surface area (Å²) in [5.41, 5.74) is 7.90. The van der Waals surface area contributed by atoms with Gasteiger partial charge >= 0.3 is 0 Å². The van der Waals surface area contributed by atoms with Crippen molar-refractivity contribution in [1.82, 2.24) is 4.90 Å². The van der Waals surface area contributed by atoms with Crippen molar-refractivity contribution in [3.8, 4) is 6.07 Å². The summed E-state index contributed by atoms with van der Waals surface area (Å²) >= 11 is 0. The number of carbonyl (C=O) groups is 1. The van der Waals surface area contributed by atoms with E-state index in [2.05, 4.69) is 6.07 Å². The maximum Gasteiger partial charge on any atom is 0.239 e. The summed E-state index contributed by atoms with van der Waals surface area (Å²) in [6.07, 6.45) is 3.25. The third-order valence-electron chi connectivity index (χ3n) is 3.36. The van der Waals surface area contributed by atoms with Crippen molar-refractivity contribution >= 4 is 5.91 Å². The van der Waals surface area contributed by atoms with Crippen LogP contribution in [-0.4, -0.2) is 17.4 Å². The van der Waals surface area contributed by atoms with E-state index in [1.54, 1.807) is 36.8 Å². The molecule has 1 aromatic carbocycles. The molecule has 0 aliphatic carbocycles. The van der Waals surface area contributed by atoms with Crippen LogP contribution in [0.25, 0.3) is 0 Å². The Morgan fingerprint density at radius 2 is 2.10 bits per heavy atom. The predicted molar refractivity (Wildman–Crippen MR) is 77.9 cm³/mol. The molecular formula is C16H17N3O2. The maximum absolute atomic E-state index is 11.9. The molecule has 0 radical (unpaired) electrons. The van der Waals surface area contributed by atoms with E-state index < -0.39 is 11.9 Å². The number of furan rings is 1. The number of primary amides is 1. The van der Waals surface area contributed by atoms with Crippen molar-refractivity contribution in [1.29, 1.82) is 5.26 Å². The second-order valence-corrected chi connectivity index (χ2v) is 4.73. The van der Waals surface area contributed by atoms with E-state index in [0.29, 0.717) is 18.7 Å². The van der Waals surface area contributed by atoms with Crippen molar-refractivity contribution in [3.63, 3.8) is 0 Å². The largest absolute Gasteiger partial charge is 0.472 e. The normalized spacial score (nSPS) is 12.0. The SMILES string of the molecule is CCN(Cc1ccoc1)C(C(N)=O)c1ccc(C#N)cc1. The number of amides is 1. The molecule has 1 unspecified atom stereocenters. The minimum atomic E-state index is -0.530. The summed E-state index contributed by atoms with van der Waals surface area (Å²) in [4.78, 5) is 13.8. The fourth-order valence-corrected chi connectivity index (χ4v) is 2.30. The van der Waals surface area contributed by atoms with Gasteiger partial charge in [0.1, 0.15) is 6.04 Å². The average molecular weight is 283 g/mol. The van der Waals surface area contributed by atoms with Crippen molar-refractivity contribution in [2.45, 2.75) is 19.5 Å². The van der Waals surface area contributed by atoms with E-state index in [9.17, 15) is 4.79 Å². The predicted octanol–water partition coefficient (Wildman–Crippen LogP) is 2.20. The third-order valence-corrected chi connectivity index (χ3v) is 3.36. The van der Waals surface area contributed by atoms with Gasteiger partial charge in [0.25, 0.3) is 0 Å². The number of nitrogens with two attached hydrogens (primary N) is 1. The Morgan fingerprint density at radius 3 is 2.57 bits per heavy atom. The van der Waals surface area contributed by atoms with Crippen molar-refractivity contribution in [3.05, 3.63) is 59.5 Å². The quantitative estimate of drug-likeness (QED) is 0.881. The van der Waals surface area contributed by atoms with Gasteiger partial charge in [-0.1, -0.05) is 19.1 Å². The van der Waals surface area contributed by atoms with Gasteiger partial charge in [-0.2, -0.15) is 5.26 Å². The van der Waals surface area contributed by atoms with Crippen molar-refractivity contribution in [2.75, 3.05) is 6.54 Å². The molecule has 2 aromatic rings. The molecule has 5 heteroatoms. The van der Waals surface area contributed by atoms with Crippen LogP contribution >= 0.6 is 0 Å². The molecule has 2 rings (SSSR count). The molecule has 0 aliphatic rings. The molecule has 21 heavy (non-hydrogen) atoms. The highest BCUT2D eigenvalue weighted by atomic mass is 16.3. The monoisotopic (exact) mass is 283 g/mol. The Balaban J connectivity index is 2.27. The highest BCUT2D eigenvalue weighted by molar-refractivity contribution is 5.81. The van der Waals surface area contributed by atoms with Gasteiger partial charge in [-0.25, -0.2) is 0 Å². The van der Waals surface area contributed by atoms with Gasteiger partial charge < -0.3 is 10.2 Å². The lowest BCUT2D eigenvalue weighted by molar-refractivity contribution is -0.123. The number of hydrogen-bond acceptors (Lipinski definition) is 4. The van der Waals surface area contributed by atoms with E-state index in [-0.39, 0.29) is 0 Å². The topological polar surface area (TPSA) is 83.3 Å². The first-order valence-corrected chi connectivity index (χ1v) is 6.70. The first kappa shape index (κ1) is 14.8. The van der Waals surface area contributed by atoms with Crippen LogP contribution in [-0.2, 0) is 11.3 Å². The maximum atomic E-state index is 11.9. The molecule has 5 nitrogen and oxygen atoms in total. The van der Waals surface area contributed by atoms with Gasteiger partial charge in [0.15, 0.2) is 0 Å². The Morgan fingerprint density at radius 1 is 1.38 bits per heavy atom. The van der Waals surface area contributed by atoms with E-state index in [4.69, 9.17) is 15.4 Å². The average Bonchev–Trinajstić information content (AvgIpc) is 3.00. The van der Waals surface area contributed by atoms with Gasteiger partial charge in [0.2, 0.25) is 5.91 Å². The molecular weight excluding hydrogens is 266 g/mol. The lowest BCUT2D eigenvalue weighted by Gasteiger charge is -2.28. The second kappa shape index (κ2) is 6.73. The van der Waals surface area contributed by atoms with Gasteiger partial charge in [-0.15, -0.1) is 0 Å². The second-order valence-electron chi connectivity index (χ2n) is 4.73. The number of carbonyl (C=O) groups excluding carboxylic acids is 1. The Bertz CT molecular complexity index is 627. The molecule has 108 valence electrons. The fraction of sp³-hybridized carbons (Fsp3) is 0.250. The van der Waals surface area contributed by atoms with E-state index in [0.717, 1.165) is 11.1 Å². The summed E-state index contributed by atoms with van der Waals surface area (Å²) in [6, 6.07) is 10.3. The lowest BCUT2D eigenvalue weighted by Crippen LogP contribution is -2.37. The van der Waals surface area contributed by atoms with Crippen LogP contribution in [0, 0.1) is 11.3 Å². The minimum absolute atomic E-state index is 0.412. The first-order chi connectivity index (χ1) is 10.2. The first-order valence-electron chi connectivity index (χ1n) is 6.70. The van der Waals surface area contributed by atoms with Crippen LogP contribution < -0.4 is 5.73 Å². The van der Waals surface area contributed by atoms with Crippen LogP contribution in [0.2, 0.25) is 0 Å². The van der Waals surface area contributed by atoms with Gasteiger partial charge in [0.05, 0.1) is 24.2 Å². The van der Waals surface area contributed by atoms with Crippen LogP contribution in [0.3, 0.4) is 0 Å². The summed E-state index contributed by atoms with van der Waals surface area (Å²) in [6.45, 7) is 3.21. The Hall–Kier alpha value is -2.58. The number of nitriles is 1. The molecule has 1 aromatic heterocycles. The summed E-state index contributed by atoms with van der Waals surface area (Å²) in [7, 11) is 0. The smallest absolute Gasteiger partial charge is 0.239 e. The molecule has 0 bridgehead atoms. The fourth-order valence-electron chi connectivity index (χ4n) is 2.30. The lowest BCUT2D eigenvalue weighted by atomic mass is 10.0. The van der Waals surface area contributed by atoms with Crippen LogP contribution in [0.5, 0.6) is 0 Å². The zero-order valence-electron chi connectivity index (χ0n) is 11.8. The Kier molecular flexibility index (Phi) is 4.75. The third kappa shape index (κ3) is 3.50. The van der Waals surface area contributed by atoms with Crippen molar-refractivity contribution < 1.29 is 9.21 Å². The highest BCUT2D eigenvalue weighted by Gasteiger charge is 2.25. The summed E-state index contributed by atoms with van der Waals surface area (Å²) in [5.74, 6) is -0.412. The van der Waals surface area contributed by atoms with Gasteiger partial charge in [-0.3, -0.25) is 9.69 Å². The van der Waals surface area contributed by atoms with Gasteiger partial charge in [-0.05, 0) is 30.3 Å². The molecule has 0 aliphatic heterocycles. The molecule has 1 atom stereocenters. The molecule has 0 spiro atoms. The molecule has 2 N–H and O–H groups in total. The van der Waals surface area contributed by atoms with Crippen LogP contribution in [0.15, 0.2) is 47.3 Å². The van der Waals surface area contributed by atoms with E-state index in [1.807, 2.05) is 17.9 Å². The van der Waals surface area contributed by atoms with Crippen molar-refractivity contribution in [2.24, 2.45) is 5.73 Å². The summed E-state index contributed by atoms with van der Waals surface area (Å²) < 4.78 is 5.06. The standard InChI is InChI=1S/C16H17N3O2/c1-2-19(10-13-7-8-21-11-13)15(16(18)20)14-5-3-12(9-17)4-6-14/h3-8,11,15H,2,10H2,1H3,(H2,18,20). The Labute approximate surface area is 123 Å². The van der Waals surface area contributed by atoms with Crippen LogP contribution in [0.4, 0.5) is 0 Å². The number of benzene rings is 1. The minimum Gasteiger partial charge on any atom is -0.472 e. The van der Waals surface area contributed by atoms with E-state index in [1.165, 1.54) is 0 Å².